The van der Waals surface area contributed by atoms with Gasteiger partial charge in [0.25, 0.3) is 0 Å². The highest BCUT2D eigenvalue weighted by atomic mass is 16.5. The maximum atomic E-state index is 9.42. The third kappa shape index (κ3) is 2.91. The standard InChI is InChI=1S/C16H24N2O4/c1-20-14-3-4-17-12(16(14)21-2)9-18-5-6-22-15-8-11(10-19)7-13(15)18/h3-4,11,13,15,19H,5-10H2,1-2H3/t11-,13+,15+/m1/s1. The van der Waals surface area contributed by atoms with Crippen LogP contribution >= 0.6 is 0 Å². The van der Waals surface area contributed by atoms with Gasteiger partial charge in [0, 0.05) is 38.0 Å². The average molecular weight is 308 g/mol. The van der Waals surface area contributed by atoms with E-state index >= 15 is 0 Å². The first kappa shape index (κ1) is 15.5. The SMILES string of the molecule is COc1ccnc(CN2CCO[C@H]3C[C@H](CO)C[C@@H]32)c1OC. The van der Waals surface area contributed by atoms with Gasteiger partial charge in [-0.2, -0.15) is 0 Å². The van der Waals surface area contributed by atoms with E-state index in [1.54, 1.807) is 20.4 Å². The minimum atomic E-state index is 0.225. The summed E-state index contributed by atoms with van der Waals surface area (Å²) in [6, 6.07) is 2.16. The summed E-state index contributed by atoms with van der Waals surface area (Å²) in [6.07, 6.45) is 3.90. The van der Waals surface area contributed by atoms with Gasteiger partial charge in [0.2, 0.25) is 0 Å². The zero-order valence-corrected chi connectivity index (χ0v) is 13.2. The number of pyridine rings is 1. The number of fused-ring (bicyclic) bond motifs is 1. The van der Waals surface area contributed by atoms with Gasteiger partial charge in [0.1, 0.15) is 5.69 Å². The smallest absolute Gasteiger partial charge is 0.183 e. The molecule has 0 spiro atoms. The largest absolute Gasteiger partial charge is 0.493 e. The molecule has 0 aromatic carbocycles. The first-order valence-corrected chi connectivity index (χ1v) is 7.79. The van der Waals surface area contributed by atoms with Crippen molar-refractivity contribution in [2.75, 3.05) is 34.0 Å². The lowest BCUT2D eigenvalue weighted by molar-refractivity contribution is -0.0596. The van der Waals surface area contributed by atoms with Crippen molar-refractivity contribution < 1.29 is 19.3 Å². The van der Waals surface area contributed by atoms with Crippen LogP contribution in [0, 0.1) is 5.92 Å². The van der Waals surface area contributed by atoms with E-state index in [0.29, 0.717) is 30.0 Å². The van der Waals surface area contributed by atoms with E-state index in [2.05, 4.69) is 9.88 Å². The molecule has 22 heavy (non-hydrogen) atoms. The maximum Gasteiger partial charge on any atom is 0.183 e. The number of aromatic nitrogens is 1. The van der Waals surface area contributed by atoms with Crippen molar-refractivity contribution >= 4 is 0 Å². The van der Waals surface area contributed by atoms with E-state index in [9.17, 15) is 5.11 Å². The van der Waals surface area contributed by atoms with E-state index in [1.807, 2.05) is 6.07 Å². The van der Waals surface area contributed by atoms with Gasteiger partial charge in [-0.1, -0.05) is 0 Å². The predicted octanol–water partition coefficient (Wildman–Crippen LogP) is 1.07. The number of ether oxygens (including phenoxy) is 3. The van der Waals surface area contributed by atoms with Crippen LogP contribution < -0.4 is 9.47 Å². The molecule has 1 aromatic heterocycles. The summed E-state index contributed by atoms with van der Waals surface area (Å²) in [6.45, 7) is 2.56. The summed E-state index contributed by atoms with van der Waals surface area (Å²) in [7, 11) is 3.28. The molecule has 1 aliphatic heterocycles. The Morgan fingerprint density at radius 3 is 2.95 bits per heavy atom. The first-order chi connectivity index (χ1) is 10.8. The number of methoxy groups -OCH3 is 2. The van der Waals surface area contributed by atoms with Gasteiger partial charge in [-0.05, 0) is 18.8 Å². The summed E-state index contributed by atoms with van der Waals surface area (Å²) in [5.74, 6) is 1.75. The summed E-state index contributed by atoms with van der Waals surface area (Å²) in [5.41, 5.74) is 0.884. The number of rotatable bonds is 5. The number of aliphatic hydroxyl groups is 1. The van der Waals surface area contributed by atoms with Gasteiger partial charge in [-0.15, -0.1) is 0 Å². The molecule has 0 unspecified atom stereocenters. The third-order valence-electron chi connectivity index (χ3n) is 4.73. The van der Waals surface area contributed by atoms with E-state index in [-0.39, 0.29) is 12.7 Å². The second-order valence-electron chi connectivity index (χ2n) is 5.96. The van der Waals surface area contributed by atoms with Crippen LogP contribution in [0.4, 0.5) is 0 Å². The molecule has 1 saturated carbocycles. The fraction of sp³-hybridized carbons (Fsp3) is 0.688. The molecule has 6 nitrogen and oxygen atoms in total. The molecule has 3 rings (SSSR count). The maximum absolute atomic E-state index is 9.42. The zero-order chi connectivity index (χ0) is 15.5. The number of morpholine rings is 1. The van der Waals surface area contributed by atoms with Gasteiger partial charge >= 0.3 is 0 Å². The van der Waals surface area contributed by atoms with Crippen LogP contribution in [0.25, 0.3) is 0 Å². The fourth-order valence-electron chi connectivity index (χ4n) is 3.63. The Balaban J connectivity index is 1.78. The lowest BCUT2D eigenvalue weighted by atomic mass is 10.1. The molecule has 1 aromatic rings. The highest BCUT2D eigenvalue weighted by Gasteiger charge is 2.41. The summed E-state index contributed by atoms with van der Waals surface area (Å²) in [4.78, 5) is 6.87. The monoisotopic (exact) mass is 308 g/mol. The summed E-state index contributed by atoms with van der Waals surface area (Å²) < 4.78 is 16.7. The molecule has 122 valence electrons. The van der Waals surface area contributed by atoms with Crippen molar-refractivity contribution in [1.29, 1.82) is 0 Å². The van der Waals surface area contributed by atoms with E-state index in [0.717, 1.165) is 31.7 Å². The number of nitrogens with zero attached hydrogens (tertiary/aromatic N) is 2. The zero-order valence-electron chi connectivity index (χ0n) is 13.2. The third-order valence-corrected chi connectivity index (χ3v) is 4.73. The fourth-order valence-corrected chi connectivity index (χ4v) is 3.63. The lowest BCUT2D eigenvalue weighted by Gasteiger charge is -2.37. The second-order valence-corrected chi connectivity index (χ2v) is 5.96. The molecule has 2 aliphatic rings. The Bertz CT molecular complexity index is 511. The van der Waals surface area contributed by atoms with Crippen LogP contribution in [-0.2, 0) is 11.3 Å². The van der Waals surface area contributed by atoms with Gasteiger partial charge < -0.3 is 19.3 Å². The molecule has 0 radical (unpaired) electrons. The van der Waals surface area contributed by atoms with Crippen molar-refractivity contribution in [2.45, 2.75) is 31.5 Å². The van der Waals surface area contributed by atoms with Crippen molar-refractivity contribution in [3.05, 3.63) is 18.0 Å². The number of hydrogen-bond acceptors (Lipinski definition) is 6. The minimum absolute atomic E-state index is 0.225. The molecule has 1 aliphatic carbocycles. The second kappa shape index (κ2) is 6.81. The Kier molecular flexibility index (Phi) is 4.81. The number of aliphatic hydroxyl groups excluding tert-OH is 1. The summed E-state index contributed by atoms with van der Waals surface area (Å²) in [5, 5.41) is 9.42. The Morgan fingerprint density at radius 1 is 1.36 bits per heavy atom. The van der Waals surface area contributed by atoms with Crippen LogP contribution in [0.15, 0.2) is 12.3 Å². The normalized spacial score (nSPS) is 28.4. The average Bonchev–Trinajstić information content (AvgIpc) is 2.99. The highest BCUT2D eigenvalue weighted by Crippen LogP contribution is 2.36. The quantitative estimate of drug-likeness (QED) is 0.878. The van der Waals surface area contributed by atoms with Gasteiger partial charge in [0.15, 0.2) is 11.5 Å². The van der Waals surface area contributed by atoms with Crippen molar-refractivity contribution in [1.82, 2.24) is 9.88 Å². The topological polar surface area (TPSA) is 64.1 Å². The lowest BCUT2D eigenvalue weighted by Crippen LogP contribution is -2.48. The van der Waals surface area contributed by atoms with Crippen molar-refractivity contribution in [3.63, 3.8) is 0 Å². The van der Waals surface area contributed by atoms with Crippen LogP contribution in [0.2, 0.25) is 0 Å². The highest BCUT2D eigenvalue weighted by molar-refractivity contribution is 5.42. The van der Waals surface area contributed by atoms with Crippen molar-refractivity contribution in [2.24, 2.45) is 5.92 Å². The molecule has 2 fully saturated rings. The molecule has 2 heterocycles. The van der Waals surface area contributed by atoms with Crippen molar-refractivity contribution in [3.8, 4) is 11.5 Å². The number of hydrogen-bond donors (Lipinski definition) is 1. The Labute approximate surface area is 131 Å². The van der Waals surface area contributed by atoms with Crippen LogP contribution in [0.5, 0.6) is 11.5 Å². The molecule has 3 atom stereocenters. The van der Waals surface area contributed by atoms with E-state index in [1.165, 1.54) is 0 Å². The van der Waals surface area contributed by atoms with E-state index in [4.69, 9.17) is 14.2 Å². The Morgan fingerprint density at radius 2 is 2.23 bits per heavy atom. The van der Waals surface area contributed by atoms with E-state index < -0.39 is 0 Å². The van der Waals surface area contributed by atoms with Gasteiger partial charge in [-0.25, -0.2) is 0 Å². The molecular weight excluding hydrogens is 284 g/mol. The molecule has 6 heteroatoms. The molecule has 1 N–H and O–H groups in total. The summed E-state index contributed by atoms with van der Waals surface area (Å²) >= 11 is 0. The Hall–Kier alpha value is -1.37. The van der Waals surface area contributed by atoms with Crippen LogP contribution in [0.3, 0.4) is 0 Å². The van der Waals surface area contributed by atoms with Crippen LogP contribution in [-0.4, -0.2) is 61.1 Å². The molecule has 0 amide bonds. The van der Waals surface area contributed by atoms with Gasteiger partial charge in [-0.3, -0.25) is 9.88 Å². The molecular formula is C16H24N2O4. The first-order valence-electron chi connectivity index (χ1n) is 7.79. The van der Waals surface area contributed by atoms with Gasteiger partial charge in [0.05, 0.1) is 26.9 Å². The molecule has 1 saturated heterocycles. The van der Waals surface area contributed by atoms with Crippen LogP contribution in [0.1, 0.15) is 18.5 Å². The molecule has 0 bridgehead atoms. The predicted molar refractivity (Wildman–Crippen MR) is 81.1 cm³/mol. The minimum Gasteiger partial charge on any atom is -0.493 e.